The summed E-state index contributed by atoms with van der Waals surface area (Å²) in [5.74, 6) is 0.773. The van der Waals surface area contributed by atoms with E-state index < -0.39 is 22.5 Å². The van der Waals surface area contributed by atoms with Gasteiger partial charge in [0.05, 0.1) is 17.2 Å². The number of aryl methyl sites for hydroxylation is 1. The molecule has 4 rings (SSSR count). The summed E-state index contributed by atoms with van der Waals surface area (Å²) in [6, 6.07) is 20.2. The summed E-state index contributed by atoms with van der Waals surface area (Å²) in [5.41, 5.74) is 2.10. The molecule has 0 fully saturated rings. The lowest BCUT2D eigenvalue weighted by molar-refractivity contribution is -0.119. The predicted molar refractivity (Wildman–Crippen MR) is 144 cm³/mol. The molecule has 0 saturated carbocycles. The van der Waals surface area contributed by atoms with Crippen LogP contribution in [0.15, 0.2) is 90.1 Å². The molecular weight excluding hydrogens is 512 g/mol. The van der Waals surface area contributed by atoms with Gasteiger partial charge in [-0.25, -0.2) is 13.4 Å². The third-order valence-electron chi connectivity index (χ3n) is 5.65. The number of hydrogen-bond acceptors (Lipinski definition) is 5. The quantitative estimate of drug-likeness (QED) is 0.315. The van der Waals surface area contributed by atoms with Crippen molar-refractivity contribution in [2.24, 2.45) is 0 Å². The van der Waals surface area contributed by atoms with Crippen molar-refractivity contribution in [2.75, 3.05) is 17.5 Å². The molecule has 1 aromatic heterocycles. The maximum Gasteiger partial charge on any atom is 0.264 e. The van der Waals surface area contributed by atoms with Crippen LogP contribution in [0.4, 0.5) is 5.69 Å². The lowest BCUT2D eigenvalue weighted by Gasteiger charge is -2.26. The molecule has 4 aromatic rings. The van der Waals surface area contributed by atoms with Gasteiger partial charge in [0.25, 0.3) is 10.0 Å². The number of benzene rings is 3. The topological polar surface area (TPSA) is 93.5 Å². The number of nitrogens with one attached hydrogen (secondary N) is 1. The van der Waals surface area contributed by atoms with Crippen molar-refractivity contribution < 1.29 is 17.9 Å². The van der Waals surface area contributed by atoms with Gasteiger partial charge in [0.2, 0.25) is 5.91 Å². The molecule has 0 radical (unpaired) electrons. The van der Waals surface area contributed by atoms with Crippen LogP contribution in [-0.2, 0) is 21.4 Å². The van der Waals surface area contributed by atoms with Gasteiger partial charge in [-0.15, -0.1) is 0 Å². The van der Waals surface area contributed by atoms with Gasteiger partial charge in [0.15, 0.2) is 0 Å². The number of anilines is 1. The first-order valence-electron chi connectivity index (χ1n) is 11.7. The van der Waals surface area contributed by atoms with Gasteiger partial charge < -0.3 is 14.6 Å². The summed E-state index contributed by atoms with van der Waals surface area (Å²) in [6.07, 6.45) is 3.61. The van der Waals surface area contributed by atoms with E-state index >= 15 is 0 Å². The summed E-state index contributed by atoms with van der Waals surface area (Å²) in [6.45, 7) is 3.88. The largest absolute Gasteiger partial charge is 0.492 e. The second kappa shape index (κ2) is 11.5. The second-order valence-corrected chi connectivity index (χ2v) is 10.5. The Morgan fingerprint density at radius 2 is 1.76 bits per heavy atom. The summed E-state index contributed by atoms with van der Waals surface area (Å²) >= 11 is 5.96. The Kier molecular flexibility index (Phi) is 8.15. The van der Waals surface area contributed by atoms with Gasteiger partial charge in [0, 0.05) is 29.6 Å². The molecule has 0 aliphatic carbocycles. The minimum Gasteiger partial charge on any atom is -0.492 e. The molecule has 0 spiro atoms. The van der Waals surface area contributed by atoms with Crippen molar-refractivity contribution >= 4 is 33.2 Å². The predicted octanol–water partition coefficient (Wildman–Crippen LogP) is 4.74. The van der Waals surface area contributed by atoms with Crippen LogP contribution in [0.1, 0.15) is 18.3 Å². The first-order valence-corrected chi connectivity index (χ1v) is 13.5. The normalized spacial score (nSPS) is 11.2. The van der Waals surface area contributed by atoms with Crippen LogP contribution in [0.2, 0.25) is 5.02 Å². The first-order chi connectivity index (χ1) is 17.8. The first kappa shape index (κ1) is 26.2. The van der Waals surface area contributed by atoms with Gasteiger partial charge in [-0.05, 0) is 67.9 Å². The van der Waals surface area contributed by atoms with Crippen LogP contribution in [0, 0.1) is 6.92 Å². The van der Waals surface area contributed by atoms with Gasteiger partial charge in [-0.1, -0.05) is 35.9 Å². The molecule has 37 heavy (non-hydrogen) atoms. The highest BCUT2D eigenvalue weighted by atomic mass is 35.5. The molecule has 1 amide bonds. The van der Waals surface area contributed by atoms with Crippen molar-refractivity contribution in [3.63, 3.8) is 0 Å². The van der Waals surface area contributed by atoms with Crippen molar-refractivity contribution in [1.82, 2.24) is 14.9 Å². The Morgan fingerprint density at radius 1 is 1.05 bits per heavy atom. The summed E-state index contributed by atoms with van der Waals surface area (Å²) in [7, 11) is -4.10. The van der Waals surface area contributed by atoms with Crippen LogP contribution >= 0.6 is 11.6 Å². The SMILES string of the molecule is CCOc1ccccc1N(CC(=O)NCc1ccc(-n2ccnc2C)cc1)S(=O)(=O)c1ccc(Cl)cc1. The highest BCUT2D eigenvalue weighted by Gasteiger charge is 2.29. The summed E-state index contributed by atoms with van der Waals surface area (Å²) in [4.78, 5) is 17.3. The average molecular weight is 539 g/mol. The molecule has 0 saturated heterocycles. The van der Waals surface area contributed by atoms with E-state index in [9.17, 15) is 13.2 Å². The maximum absolute atomic E-state index is 13.6. The van der Waals surface area contributed by atoms with E-state index in [2.05, 4.69) is 10.3 Å². The summed E-state index contributed by atoms with van der Waals surface area (Å²) < 4.78 is 35.9. The van der Waals surface area contributed by atoms with Crippen molar-refractivity contribution in [3.8, 4) is 11.4 Å². The molecule has 0 atom stereocenters. The fourth-order valence-electron chi connectivity index (χ4n) is 3.79. The van der Waals surface area contributed by atoms with Crippen LogP contribution in [0.3, 0.4) is 0 Å². The third kappa shape index (κ3) is 6.12. The van der Waals surface area contributed by atoms with Crippen molar-refractivity contribution in [3.05, 3.63) is 102 Å². The van der Waals surface area contributed by atoms with E-state index in [4.69, 9.17) is 16.3 Å². The molecule has 3 aromatic carbocycles. The Hall–Kier alpha value is -3.82. The molecule has 1 N–H and O–H groups in total. The number of sulfonamides is 1. The molecular formula is C27H27ClN4O4S. The number of imidazole rings is 1. The Morgan fingerprint density at radius 3 is 2.41 bits per heavy atom. The van der Waals surface area contributed by atoms with Crippen molar-refractivity contribution in [1.29, 1.82) is 0 Å². The fourth-order valence-corrected chi connectivity index (χ4v) is 5.34. The zero-order chi connectivity index (χ0) is 26.4. The highest BCUT2D eigenvalue weighted by molar-refractivity contribution is 7.92. The molecule has 0 aliphatic rings. The molecule has 192 valence electrons. The van der Waals surface area contributed by atoms with Crippen molar-refractivity contribution in [2.45, 2.75) is 25.3 Å². The number of carbonyl (C=O) groups is 1. The van der Waals surface area contributed by atoms with Crippen LogP contribution < -0.4 is 14.4 Å². The molecule has 0 aliphatic heterocycles. The van der Waals surface area contributed by atoms with Gasteiger partial charge in [0.1, 0.15) is 18.1 Å². The number of carbonyl (C=O) groups excluding carboxylic acids is 1. The van der Waals surface area contributed by atoms with Crippen LogP contribution in [-0.4, -0.2) is 37.0 Å². The number of para-hydroxylation sites is 2. The molecule has 0 bridgehead atoms. The molecule has 10 heteroatoms. The van der Waals surface area contributed by atoms with Gasteiger partial charge >= 0.3 is 0 Å². The second-order valence-electron chi connectivity index (χ2n) is 8.15. The smallest absolute Gasteiger partial charge is 0.264 e. The Labute approximate surface area is 221 Å². The average Bonchev–Trinajstić information content (AvgIpc) is 3.33. The summed E-state index contributed by atoms with van der Waals surface area (Å²) in [5, 5.41) is 3.23. The minimum absolute atomic E-state index is 0.0152. The number of nitrogens with zero attached hydrogens (tertiary/aromatic N) is 3. The standard InChI is InChI=1S/C27H27ClN4O4S/c1-3-36-26-7-5-4-6-25(26)32(37(34,35)24-14-10-22(28)11-15-24)19-27(33)30-18-21-8-12-23(13-9-21)31-17-16-29-20(31)2/h4-17H,3,18-19H2,1-2H3,(H,30,33). The number of hydrogen-bond donors (Lipinski definition) is 1. The van der Waals surface area contributed by atoms with Crippen LogP contribution in [0.5, 0.6) is 5.75 Å². The lowest BCUT2D eigenvalue weighted by atomic mass is 10.2. The van der Waals surface area contributed by atoms with Crippen LogP contribution in [0.25, 0.3) is 5.69 Å². The molecule has 1 heterocycles. The Bertz CT molecular complexity index is 1470. The number of ether oxygens (including phenoxy) is 1. The number of amides is 1. The monoisotopic (exact) mass is 538 g/mol. The van der Waals surface area contributed by atoms with Gasteiger partial charge in [-0.3, -0.25) is 9.10 Å². The van der Waals surface area contributed by atoms with Gasteiger partial charge in [-0.2, -0.15) is 0 Å². The minimum atomic E-state index is -4.10. The number of rotatable bonds is 10. The molecule has 0 unspecified atom stereocenters. The Balaban J connectivity index is 1.54. The van der Waals surface area contributed by atoms with E-state index in [1.165, 1.54) is 24.3 Å². The van der Waals surface area contributed by atoms with E-state index in [-0.39, 0.29) is 17.1 Å². The molecule has 8 nitrogen and oxygen atoms in total. The zero-order valence-electron chi connectivity index (χ0n) is 20.5. The van der Waals surface area contributed by atoms with E-state index in [1.807, 2.05) is 42.0 Å². The highest BCUT2D eigenvalue weighted by Crippen LogP contribution is 2.32. The number of aromatic nitrogens is 2. The van der Waals surface area contributed by atoms with E-state index in [0.29, 0.717) is 17.4 Å². The maximum atomic E-state index is 13.6. The van der Waals surface area contributed by atoms with E-state index in [1.54, 1.807) is 37.4 Å². The number of halogens is 1. The third-order valence-corrected chi connectivity index (χ3v) is 7.68. The zero-order valence-corrected chi connectivity index (χ0v) is 22.0. The lowest BCUT2D eigenvalue weighted by Crippen LogP contribution is -2.40. The fraction of sp³-hybridized carbons (Fsp3) is 0.185. The van der Waals surface area contributed by atoms with E-state index in [0.717, 1.165) is 21.4 Å².